The van der Waals surface area contributed by atoms with Gasteiger partial charge in [0, 0.05) is 0 Å². The molecule has 0 aliphatic heterocycles. The summed E-state index contributed by atoms with van der Waals surface area (Å²) in [7, 11) is 0. The first kappa shape index (κ1) is 8.81. The van der Waals surface area contributed by atoms with Crippen molar-refractivity contribution in [2.24, 2.45) is 11.3 Å². The van der Waals surface area contributed by atoms with Crippen molar-refractivity contribution in [2.45, 2.75) is 31.7 Å². The van der Waals surface area contributed by atoms with Crippen LogP contribution in [0.4, 0.5) is 4.79 Å². The molecule has 0 aromatic rings. The number of hydrogen-bond donors (Lipinski definition) is 3. The molecule has 0 radical (unpaired) electrons. The standard InChI is InChI=1S/C9H15NO3/c11-5-7(10-8(12)13)4-9-1-6(2-9)3-9/h6-7,10-11H,1-5H2,(H,12,13)/t6?,7-,9?/m1/s1. The maximum atomic E-state index is 10.4. The van der Waals surface area contributed by atoms with Gasteiger partial charge in [-0.25, -0.2) is 4.79 Å². The Hall–Kier alpha value is -0.770. The summed E-state index contributed by atoms with van der Waals surface area (Å²) in [5, 5.41) is 19.8. The van der Waals surface area contributed by atoms with Crippen molar-refractivity contribution >= 4 is 6.09 Å². The fourth-order valence-corrected chi connectivity index (χ4v) is 2.77. The van der Waals surface area contributed by atoms with Crippen LogP contribution < -0.4 is 5.32 Å². The molecule has 3 aliphatic rings. The van der Waals surface area contributed by atoms with Crippen molar-refractivity contribution in [1.82, 2.24) is 5.32 Å². The Kier molecular flexibility index (Phi) is 1.95. The van der Waals surface area contributed by atoms with E-state index in [0.717, 1.165) is 12.3 Å². The Morgan fingerprint density at radius 1 is 1.54 bits per heavy atom. The van der Waals surface area contributed by atoms with Crippen LogP contribution in [0.25, 0.3) is 0 Å². The fourth-order valence-electron chi connectivity index (χ4n) is 2.77. The number of nitrogens with one attached hydrogen (secondary N) is 1. The summed E-state index contributed by atoms with van der Waals surface area (Å²) >= 11 is 0. The summed E-state index contributed by atoms with van der Waals surface area (Å²) in [4.78, 5) is 10.4. The van der Waals surface area contributed by atoms with E-state index in [0.29, 0.717) is 5.41 Å². The highest BCUT2D eigenvalue weighted by atomic mass is 16.4. The maximum Gasteiger partial charge on any atom is 0.404 e. The molecule has 0 heterocycles. The number of amides is 1. The van der Waals surface area contributed by atoms with Gasteiger partial charge in [-0.3, -0.25) is 0 Å². The summed E-state index contributed by atoms with van der Waals surface area (Å²) in [6.07, 6.45) is 3.50. The minimum absolute atomic E-state index is 0.0846. The van der Waals surface area contributed by atoms with Crippen LogP contribution in [0.3, 0.4) is 0 Å². The second-order valence-corrected chi connectivity index (χ2v) is 4.51. The molecular weight excluding hydrogens is 170 g/mol. The number of carboxylic acid groups (broad SMARTS) is 1. The summed E-state index contributed by atoms with van der Waals surface area (Å²) in [6, 6.07) is -0.265. The van der Waals surface area contributed by atoms with Gasteiger partial charge in [0.25, 0.3) is 0 Å². The fraction of sp³-hybridized carbons (Fsp3) is 0.889. The lowest BCUT2D eigenvalue weighted by molar-refractivity contribution is -0.119. The molecule has 3 saturated carbocycles. The minimum atomic E-state index is -1.04. The molecule has 74 valence electrons. The topological polar surface area (TPSA) is 69.6 Å². The Bertz CT molecular complexity index is 212. The van der Waals surface area contributed by atoms with Gasteiger partial charge in [-0.15, -0.1) is 0 Å². The van der Waals surface area contributed by atoms with E-state index < -0.39 is 6.09 Å². The zero-order chi connectivity index (χ0) is 9.47. The predicted octanol–water partition coefficient (Wildman–Crippen LogP) is 0.805. The second-order valence-electron chi connectivity index (χ2n) is 4.51. The molecule has 3 aliphatic carbocycles. The molecule has 3 rings (SSSR count). The predicted molar refractivity (Wildman–Crippen MR) is 46.4 cm³/mol. The Morgan fingerprint density at radius 2 is 2.15 bits per heavy atom. The van der Waals surface area contributed by atoms with Crippen molar-refractivity contribution in [1.29, 1.82) is 0 Å². The van der Waals surface area contributed by atoms with Gasteiger partial charge in [-0.05, 0) is 37.0 Å². The lowest BCUT2D eigenvalue weighted by Crippen LogP contribution is -2.55. The van der Waals surface area contributed by atoms with Gasteiger partial charge in [0.1, 0.15) is 0 Å². The van der Waals surface area contributed by atoms with E-state index in [2.05, 4.69) is 5.32 Å². The van der Waals surface area contributed by atoms with E-state index in [1.807, 2.05) is 0 Å². The van der Waals surface area contributed by atoms with Crippen LogP contribution in [0, 0.1) is 11.3 Å². The minimum Gasteiger partial charge on any atom is -0.465 e. The maximum absolute atomic E-state index is 10.4. The summed E-state index contributed by atoms with van der Waals surface area (Å²) in [5.74, 6) is 0.907. The average Bonchev–Trinajstić information content (AvgIpc) is 1.90. The molecule has 13 heavy (non-hydrogen) atoms. The molecule has 1 amide bonds. The summed E-state index contributed by atoms with van der Waals surface area (Å²) in [6.45, 7) is -0.0846. The molecule has 0 unspecified atom stereocenters. The van der Waals surface area contributed by atoms with Crippen LogP contribution in [0.5, 0.6) is 0 Å². The first-order valence-corrected chi connectivity index (χ1v) is 4.74. The molecule has 3 fully saturated rings. The molecule has 0 spiro atoms. The van der Waals surface area contributed by atoms with E-state index >= 15 is 0 Å². The molecule has 4 nitrogen and oxygen atoms in total. The van der Waals surface area contributed by atoms with Crippen LogP contribution >= 0.6 is 0 Å². The highest BCUT2D eigenvalue weighted by Gasteiger charge is 2.56. The second kappa shape index (κ2) is 2.87. The zero-order valence-corrected chi connectivity index (χ0v) is 7.49. The number of rotatable bonds is 4. The average molecular weight is 185 g/mol. The molecule has 0 aromatic heterocycles. The van der Waals surface area contributed by atoms with E-state index in [-0.39, 0.29) is 12.6 Å². The van der Waals surface area contributed by atoms with Gasteiger partial charge in [0.05, 0.1) is 12.6 Å². The molecule has 2 bridgehead atoms. The van der Waals surface area contributed by atoms with Crippen LogP contribution in [-0.4, -0.2) is 29.0 Å². The third-order valence-electron chi connectivity index (χ3n) is 3.39. The van der Waals surface area contributed by atoms with Crippen molar-refractivity contribution in [3.8, 4) is 0 Å². The molecule has 0 aromatic carbocycles. The normalized spacial score (nSPS) is 37.2. The molecule has 1 atom stereocenters. The first-order valence-electron chi connectivity index (χ1n) is 4.74. The third-order valence-corrected chi connectivity index (χ3v) is 3.39. The monoisotopic (exact) mass is 185 g/mol. The van der Waals surface area contributed by atoms with Gasteiger partial charge < -0.3 is 15.5 Å². The van der Waals surface area contributed by atoms with Gasteiger partial charge >= 0.3 is 6.09 Å². The van der Waals surface area contributed by atoms with Crippen LogP contribution in [0.2, 0.25) is 0 Å². The largest absolute Gasteiger partial charge is 0.465 e. The van der Waals surface area contributed by atoms with E-state index in [9.17, 15) is 4.79 Å². The van der Waals surface area contributed by atoms with Gasteiger partial charge in [0.15, 0.2) is 0 Å². The van der Waals surface area contributed by atoms with Crippen LogP contribution in [0.15, 0.2) is 0 Å². The number of carbonyl (C=O) groups is 1. The highest BCUT2D eigenvalue weighted by molar-refractivity contribution is 5.64. The van der Waals surface area contributed by atoms with Gasteiger partial charge in [-0.2, -0.15) is 0 Å². The first-order chi connectivity index (χ1) is 6.13. The lowest BCUT2D eigenvalue weighted by Gasteiger charge is -2.63. The van der Waals surface area contributed by atoms with Gasteiger partial charge in [-0.1, -0.05) is 0 Å². The number of aliphatic hydroxyl groups is 1. The Balaban J connectivity index is 1.79. The molecule has 4 heteroatoms. The lowest BCUT2D eigenvalue weighted by atomic mass is 9.43. The number of aliphatic hydroxyl groups excluding tert-OH is 1. The highest BCUT2D eigenvalue weighted by Crippen LogP contribution is 2.66. The van der Waals surface area contributed by atoms with Gasteiger partial charge in [0.2, 0.25) is 0 Å². The van der Waals surface area contributed by atoms with E-state index in [1.54, 1.807) is 0 Å². The smallest absolute Gasteiger partial charge is 0.404 e. The van der Waals surface area contributed by atoms with E-state index in [1.165, 1.54) is 19.3 Å². The summed E-state index contributed by atoms with van der Waals surface area (Å²) in [5.41, 5.74) is 0.389. The SMILES string of the molecule is O=C(O)N[C@@H](CO)CC12CC(C1)C2. The summed E-state index contributed by atoms with van der Waals surface area (Å²) < 4.78 is 0. The van der Waals surface area contributed by atoms with Crippen molar-refractivity contribution in [2.75, 3.05) is 6.61 Å². The quantitative estimate of drug-likeness (QED) is 0.607. The zero-order valence-electron chi connectivity index (χ0n) is 7.49. The molecular formula is C9H15NO3. The Morgan fingerprint density at radius 3 is 2.46 bits per heavy atom. The number of hydrogen-bond acceptors (Lipinski definition) is 2. The molecule has 0 saturated heterocycles. The van der Waals surface area contributed by atoms with Crippen molar-refractivity contribution < 1.29 is 15.0 Å². The van der Waals surface area contributed by atoms with Crippen molar-refractivity contribution in [3.05, 3.63) is 0 Å². The molecule has 3 N–H and O–H groups in total. The van der Waals surface area contributed by atoms with E-state index in [4.69, 9.17) is 10.2 Å². The Labute approximate surface area is 76.9 Å². The van der Waals surface area contributed by atoms with Crippen LogP contribution in [0.1, 0.15) is 25.7 Å². The third kappa shape index (κ3) is 1.50. The van der Waals surface area contributed by atoms with Crippen LogP contribution in [-0.2, 0) is 0 Å². The van der Waals surface area contributed by atoms with Crippen molar-refractivity contribution in [3.63, 3.8) is 0 Å².